The fourth-order valence-electron chi connectivity index (χ4n) is 1.73. The Morgan fingerprint density at radius 2 is 2.20 bits per heavy atom. The number of hydrogen-bond acceptors (Lipinski definition) is 2. The van der Waals surface area contributed by atoms with Gasteiger partial charge in [0, 0.05) is 19.8 Å². The summed E-state index contributed by atoms with van der Waals surface area (Å²) < 4.78 is 1.28. The van der Waals surface area contributed by atoms with Crippen LogP contribution in [0.3, 0.4) is 0 Å². The van der Waals surface area contributed by atoms with Crippen molar-refractivity contribution in [2.75, 3.05) is 0 Å². The van der Waals surface area contributed by atoms with Gasteiger partial charge in [-0.05, 0) is 53.6 Å². The van der Waals surface area contributed by atoms with E-state index in [-0.39, 0.29) is 5.54 Å². The molecule has 1 aliphatic rings. The second-order valence-electron chi connectivity index (χ2n) is 4.94. The first-order valence-electron chi connectivity index (χ1n) is 5.57. The second-order valence-corrected chi connectivity index (χ2v) is 6.96. The van der Waals surface area contributed by atoms with Crippen LogP contribution in [0.25, 0.3) is 0 Å². The molecule has 0 radical (unpaired) electrons. The molecular weight excluding hydrogens is 270 g/mol. The third-order valence-corrected chi connectivity index (χ3v) is 5.46. The summed E-state index contributed by atoms with van der Waals surface area (Å²) in [6, 6.07) is 2.27. The van der Waals surface area contributed by atoms with E-state index >= 15 is 0 Å². The molecule has 0 aliphatic heterocycles. The van der Waals surface area contributed by atoms with Crippen molar-refractivity contribution in [3.63, 3.8) is 0 Å². The van der Waals surface area contributed by atoms with Crippen LogP contribution in [-0.4, -0.2) is 5.54 Å². The van der Waals surface area contributed by atoms with E-state index in [2.05, 4.69) is 35.8 Å². The lowest BCUT2D eigenvalue weighted by molar-refractivity contribution is 0.612. The number of hydrogen-bond donors (Lipinski definition) is 1. The molecule has 1 nitrogen and oxygen atoms in total. The zero-order valence-electron chi connectivity index (χ0n) is 9.35. The minimum absolute atomic E-state index is 0.189. The molecule has 1 heterocycles. The smallest absolute Gasteiger partial charge is 0.0319 e. The molecule has 3 heteroatoms. The van der Waals surface area contributed by atoms with Crippen LogP contribution >= 0.6 is 27.3 Å². The van der Waals surface area contributed by atoms with Gasteiger partial charge in [-0.15, -0.1) is 11.3 Å². The van der Waals surface area contributed by atoms with E-state index in [1.165, 1.54) is 27.1 Å². The van der Waals surface area contributed by atoms with E-state index in [0.717, 1.165) is 12.8 Å². The normalized spacial score (nSPS) is 18.5. The lowest BCUT2D eigenvalue weighted by Gasteiger charge is -2.05. The lowest BCUT2D eigenvalue weighted by Crippen LogP contribution is -2.21. The van der Waals surface area contributed by atoms with E-state index in [0.29, 0.717) is 5.92 Å². The third-order valence-electron chi connectivity index (χ3n) is 3.05. The molecule has 1 fully saturated rings. The average Bonchev–Trinajstić information content (AvgIpc) is 2.75. The Bertz CT molecular complexity index is 353. The van der Waals surface area contributed by atoms with E-state index in [9.17, 15) is 0 Å². The highest BCUT2D eigenvalue weighted by Gasteiger charge is 2.37. The van der Waals surface area contributed by atoms with Gasteiger partial charge in [-0.25, -0.2) is 0 Å². The van der Waals surface area contributed by atoms with Crippen LogP contribution in [0, 0.1) is 0 Å². The predicted molar refractivity (Wildman–Crippen MR) is 70.6 cm³/mol. The van der Waals surface area contributed by atoms with Gasteiger partial charge in [-0.1, -0.05) is 13.8 Å². The molecule has 15 heavy (non-hydrogen) atoms. The van der Waals surface area contributed by atoms with Crippen molar-refractivity contribution in [3.05, 3.63) is 20.3 Å². The highest BCUT2D eigenvalue weighted by molar-refractivity contribution is 9.10. The predicted octanol–water partition coefficient (Wildman–Crippen LogP) is 4.06. The monoisotopic (exact) mass is 287 g/mol. The van der Waals surface area contributed by atoms with Crippen LogP contribution in [0.4, 0.5) is 0 Å². The molecule has 84 valence electrons. The molecule has 0 saturated heterocycles. The first kappa shape index (κ1) is 11.6. The van der Waals surface area contributed by atoms with Gasteiger partial charge in [0.05, 0.1) is 0 Å². The van der Waals surface area contributed by atoms with Gasteiger partial charge in [-0.3, -0.25) is 0 Å². The number of aryl methyl sites for hydroxylation is 1. The minimum atomic E-state index is 0.189. The highest BCUT2D eigenvalue weighted by Crippen LogP contribution is 2.39. The molecule has 0 bridgehead atoms. The SMILES string of the molecule is CC(C)c1sc(CCC2(N)CC2)cc1Br. The first-order chi connectivity index (χ1) is 7.00. The number of nitrogens with two attached hydrogens (primary N) is 1. The molecule has 0 spiro atoms. The zero-order valence-corrected chi connectivity index (χ0v) is 11.7. The summed E-state index contributed by atoms with van der Waals surface area (Å²) in [6.45, 7) is 4.48. The molecule has 0 aromatic carbocycles. The summed E-state index contributed by atoms with van der Waals surface area (Å²) in [4.78, 5) is 2.94. The molecule has 1 aromatic heterocycles. The largest absolute Gasteiger partial charge is 0.325 e. The maximum Gasteiger partial charge on any atom is 0.0319 e. The van der Waals surface area contributed by atoms with Gasteiger partial charge >= 0.3 is 0 Å². The number of halogens is 1. The maximum atomic E-state index is 6.09. The van der Waals surface area contributed by atoms with Crippen LogP contribution in [0.15, 0.2) is 10.5 Å². The maximum absolute atomic E-state index is 6.09. The van der Waals surface area contributed by atoms with Crippen LogP contribution in [0.5, 0.6) is 0 Å². The van der Waals surface area contributed by atoms with Gasteiger partial charge < -0.3 is 5.73 Å². The molecular formula is C12H18BrNS. The Hall–Kier alpha value is 0.140. The van der Waals surface area contributed by atoms with Crippen LogP contribution in [0.1, 0.15) is 48.8 Å². The van der Waals surface area contributed by atoms with Crippen molar-refractivity contribution in [2.45, 2.75) is 51.0 Å². The Morgan fingerprint density at radius 1 is 1.53 bits per heavy atom. The van der Waals surface area contributed by atoms with Crippen molar-refractivity contribution in [1.82, 2.24) is 0 Å². The highest BCUT2D eigenvalue weighted by atomic mass is 79.9. The topological polar surface area (TPSA) is 26.0 Å². The van der Waals surface area contributed by atoms with Crippen molar-refractivity contribution < 1.29 is 0 Å². The Morgan fingerprint density at radius 3 is 2.67 bits per heavy atom. The van der Waals surface area contributed by atoms with Crippen molar-refractivity contribution in [1.29, 1.82) is 0 Å². The van der Waals surface area contributed by atoms with E-state index in [4.69, 9.17) is 5.73 Å². The van der Waals surface area contributed by atoms with Gasteiger partial charge in [0.15, 0.2) is 0 Å². The molecule has 0 atom stereocenters. The summed E-state index contributed by atoms with van der Waals surface area (Å²) in [7, 11) is 0. The van der Waals surface area contributed by atoms with Crippen molar-refractivity contribution in [2.24, 2.45) is 5.73 Å². The number of rotatable bonds is 4. The quantitative estimate of drug-likeness (QED) is 0.888. The Balaban J connectivity index is 1.99. The van der Waals surface area contributed by atoms with Crippen molar-refractivity contribution in [3.8, 4) is 0 Å². The van der Waals surface area contributed by atoms with Crippen LogP contribution < -0.4 is 5.73 Å². The van der Waals surface area contributed by atoms with Crippen molar-refractivity contribution >= 4 is 27.3 Å². The summed E-state index contributed by atoms with van der Waals surface area (Å²) in [5, 5.41) is 0. The molecule has 1 aliphatic carbocycles. The summed E-state index contributed by atoms with van der Waals surface area (Å²) in [5.41, 5.74) is 6.28. The Labute approximate surface area is 104 Å². The molecule has 1 aromatic rings. The molecule has 2 rings (SSSR count). The average molecular weight is 288 g/mol. The fourth-order valence-corrected chi connectivity index (χ4v) is 3.92. The number of thiophene rings is 1. The Kier molecular flexibility index (Phi) is 3.25. The second kappa shape index (κ2) is 4.19. The van der Waals surface area contributed by atoms with E-state index in [1.807, 2.05) is 11.3 Å². The summed E-state index contributed by atoms with van der Waals surface area (Å²) in [6.07, 6.45) is 4.73. The molecule has 2 N–H and O–H groups in total. The van der Waals surface area contributed by atoms with E-state index < -0.39 is 0 Å². The zero-order chi connectivity index (χ0) is 11.1. The lowest BCUT2D eigenvalue weighted by atomic mass is 10.1. The summed E-state index contributed by atoms with van der Waals surface area (Å²) >= 11 is 5.57. The standard InChI is InChI=1S/C12H18BrNS/c1-8(2)11-10(13)7-9(15-11)3-4-12(14)5-6-12/h7-8H,3-6,14H2,1-2H3. The summed E-state index contributed by atoms with van der Waals surface area (Å²) in [5.74, 6) is 0.617. The third kappa shape index (κ3) is 2.83. The van der Waals surface area contributed by atoms with Gasteiger partial charge in [0.2, 0.25) is 0 Å². The van der Waals surface area contributed by atoms with Crippen LogP contribution in [0.2, 0.25) is 0 Å². The van der Waals surface area contributed by atoms with Gasteiger partial charge in [0.25, 0.3) is 0 Å². The minimum Gasteiger partial charge on any atom is -0.325 e. The van der Waals surface area contributed by atoms with Gasteiger partial charge in [-0.2, -0.15) is 0 Å². The molecule has 0 unspecified atom stereocenters. The molecule has 0 amide bonds. The first-order valence-corrected chi connectivity index (χ1v) is 7.18. The fraction of sp³-hybridized carbons (Fsp3) is 0.667. The van der Waals surface area contributed by atoms with Crippen LogP contribution in [-0.2, 0) is 6.42 Å². The molecule has 1 saturated carbocycles. The van der Waals surface area contributed by atoms with Gasteiger partial charge in [0.1, 0.15) is 0 Å². The van der Waals surface area contributed by atoms with E-state index in [1.54, 1.807) is 0 Å².